The van der Waals surface area contributed by atoms with E-state index in [-0.39, 0.29) is 7.91 Å². The molecule has 1 heterocycles. The van der Waals surface area contributed by atoms with Crippen molar-refractivity contribution < 1.29 is 0 Å². The lowest BCUT2D eigenvalue weighted by Gasteiger charge is -1.81. The second-order valence-electron chi connectivity index (χ2n) is 1.65. The standard InChI is InChI=1S/C5H8Si2/c6-7-4-2-1-3-5-7/h1-5H,6H3. The van der Waals surface area contributed by atoms with Crippen molar-refractivity contribution in [2.45, 2.75) is 0 Å². The van der Waals surface area contributed by atoms with Crippen molar-refractivity contribution in [1.29, 1.82) is 0 Å². The number of hydrogen-bond donors (Lipinski definition) is 0. The minimum absolute atomic E-state index is 0.0466. The Bertz CT molecular complexity index is 136. The predicted octanol–water partition coefficient (Wildman–Crippen LogP) is -0.159. The Morgan fingerprint density at radius 2 is 1.57 bits per heavy atom. The Kier molecular flexibility index (Phi) is 1.54. The quantitative estimate of drug-likeness (QED) is 0.422. The van der Waals surface area contributed by atoms with Crippen LogP contribution in [0.1, 0.15) is 0 Å². The summed E-state index contributed by atoms with van der Waals surface area (Å²) in [6, 6.07) is 6.40. The molecule has 0 aromatic carbocycles. The van der Waals surface area contributed by atoms with E-state index in [2.05, 4.69) is 29.6 Å². The largest absolute Gasteiger partial charge is 0.0811 e. The minimum atomic E-state index is -0.0466. The summed E-state index contributed by atoms with van der Waals surface area (Å²) < 4.78 is 0. The molecule has 0 saturated heterocycles. The maximum atomic E-state index is 2.33. The molecule has 0 fully saturated rings. The molecule has 0 nitrogen and oxygen atoms in total. The van der Waals surface area contributed by atoms with E-state index in [1.54, 1.807) is 0 Å². The van der Waals surface area contributed by atoms with Gasteiger partial charge in [-0.25, -0.2) is 0 Å². The van der Waals surface area contributed by atoms with Crippen LogP contribution in [-0.4, -0.2) is 17.7 Å². The monoisotopic (exact) mass is 124 g/mol. The SMILES string of the molecule is [SiH3][si]1ccccc1. The average Bonchev–Trinajstić information content (AvgIpc) is 1.69. The summed E-state index contributed by atoms with van der Waals surface area (Å²) in [4.78, 5) is 0. The van der Waals surface area contributed by atoms with Gasteiger partial charge in [0.15, 0.2) is 0 Å². The fourth-order valence-electron chi connectivity index (χ4n) is 0.534. The molecule has 0 bridgehead atoms. The third-order valence-corrected chi connectivity index (χ3v) is 4.38. The van der Waals surface area contributed by atoms with E-state index in [4.69, 9.17) is 0 Å². The summed E-state index contributed by atoms with van der Waals surface area (Å²) in [6.45, 7) is 0. The van der Waals surface area contributed by atoms with Gasteiger partial charge in [0.25, 0.3) is 0 Å². The summed E-state index contributed by atoms with van der Waals surface area (Å²) >= 11 is 0. The van der Waals surface area contributed by atoms with E-state index in [1.165, 1.54) is 9.76 Å². The summed E-state index contributed by atoms with van der Waals surface area (Å²) in [7, 11) is 1.31. The lowest BCUT2D eigenvalue weighted by Crippen LogP contribution is -1.89. The highest BCUT2D eigenvalue weighted by Crippen LogP contribution is 1.78. The van der Waals surface area contributed by atoms with Gasteiger partial charge in [0.2, 0.25) is 0 Å². The second kappa shape index (κ2) is 2.18. The van der Waals surface area contributed by atoms with Crippen molar-refractivity contribution in [3.8, 4) is 0 Å². The van der Waals surface area contributed by atoms with Crippen LogP contribution in [-0.2, 0) is 0 Å². The van der Waals surface area contributed by atoms with Crippen LogP contribution in [0.5, 0.6) is 0 Å². The fraction of sp³-hybridized carbons (Fsp3) is 0. The molecule has 36 valence electrons. The molecular weight excluding hydrogens is 116 g/mol. The van der Waals surface area contributed by atoms with Crippen LogP contribution in [0.4, 0.5) is 0 Å². The lowest BCUT2D eigenvalue weighted by atomic mass is 10.6. The van der Waals surface area contributed by atoms with Crippen LogP contribution < -0.4 is 0 Å². The van der Waals surface area contributed by atoms with E-state index in [0.717, 1.165) is 0 Å². The zero-order chi connectivity index (χ0) is 5.11. The summed E-state index contributed by atoms with van der Waals surface area (Å²) in [5.41, 5.74) is 4.66. The van der Waals surface area contributed by atoms with E-state index >= 15 is 0 Å². The van der Waals surface area contributed by atoms with E-state index in [0.29, 0.717) is 0 Å². The lowest BCUT2D eigenvalue weighted by molar-refractivity contribution is 1.86. The molecule has 0 saturated carbocycles. The Hall–Kier alpha value is -0.216. The second-order valence-corrected chi connectivity index (χ2v) is 7.27. The third kappa shape index (κ3) is 1.37. The topological polar surface area (TPSA) is 0 Å². The molecule has 0 aliphatic carbocycles. The van der Waals surface area contributed by atoms with Gasteiger partial charge < -0.3 is 0 Å². The van der Waals surface area contributed by atoms with Crippen LogP contribution in [0, 0.1) is 0 Å². The zero-order valence-electron chi connectivity index (χ0n) is 4.39. The smallest absolute Gasteiger partial charge is 0.0205 e. The molecule has 0 radical (unpaired) electrons. The van der Waals surface area contributed by atoms with Crippen molar-refractivity contribution in [2.75, 3.05) is 0 Å². The molecule has 1 aromatic rings. The van der Waals surface area contributed by atoms with Gasteiger partial charge in [0, 0.05) is 17.7 Å². The Morgan fingerprint density at radius 1 is 1.00 bits per heavy atom. The average molecular weight is 124 g/mol. The van der Waals surface area contributed by atoms with Gasteiger partial charge in [-0.3, -0.25) is 0 Å². The fourth-order valence-corrected chi connectivity index (χ4v) is 2.63. The summed E-state index contributed by atoms with van der Waals surface area (Å²) in [5, 5.41) is 0. The Balaban J connectivity index is 3.02. The molecule has 7 heavy (non-hydrogen) atoms. The maximum Gasteiger partial charge on any atom is 0.0205 e. The molecular formula is C5H8Si2. The first kappa shape index (κ1) is 4.93. The third-order valence-electron chi connectivity index (χ3n) is 0.940. The first-order chi connectivity index (χ1) is 3.39. The highest BCUT2D eigenvalue weighted by atomic mass is 29.1. The van der Waals surface area contributed by atoms with Gasteiger partial charge in [-0.15, -0.1) is 0 Å². The molecule has 0 aliphatic heterocycles. The molecule has 0 aliphatic rings. The van der Waals surface area contributed by atoms with E-state index < -0.39 is 0 Å². The molecule has 1 rings (SSSR count). The normalized spacial score (nSPS) is 9.14. The van der Waals surface area contributed by atoms with Gasteiger partial charge in [-0.05, 0) is 0 Å². The van der Waals surface area contributed by atoms with Crippen LogP contribution in [0.25, 0.3) is 0 Å². The molecule has 0 unspecified atom stereocenters. The van der Waals surface area contributed by atoms with Gasteiger partial charge in [0.05, 0.1) is 0 Å². The minimum Gasteiger partial charge on any atom is -0.0811 e. The molecule has 2 heteroatoms. The van der Waals surface area contributed by atoms with Crippen LogP contribution >= 0.6 is 0 Å². The van der Waals surface area contributed by atoms with E-state index in [9.17, 15) is 0 Å². The van der Waals surface area contributed by atoms with Crippen molar-refractivity contribution >= 4 is 17.7 Å². The van der Waals surface area contributed by atoms with Gasteiger partial charge in [-0.1, -0.05) is 29.6 Å². The van der Waals surface area contributed by atoms with Crippen LogP contribution in [0.3, 0.4) is 0 Å². The summed E-state index contributed by atoms with van der Waals surface area (Å²) in [5.74, 6) is 0. The number of hydrogen-bond acceptors (Lipinski definition) is 0. The Morgan fingerprint density at radius 3 is 1.86 bits per heavy atom. The summed E-state index contributed by atoms with van der Waals surface area (Å²) in [6.07, 6.45) is 0. The molecule has 0 N–H and O–H groups in total. The Labute approximate surface area is 47.9 Å². The molecule has 0 amide bonds. The molecule has 0 spiro atoms. The zero-order valence-corrected chi connectivity index (χ0v) is 7.39. The van der Waals surface area contributed by atoms with Crippen molar-refractivity contribution in [2.24, 2.45) is 0 Å². The van der Waals surface area contributed by atoms with E-state index in [1.807, 2.05) is 0 Å². The van der Waals surface area contributed by atoms with Crippen molar-refractivity contribution in [3.05, 3.63) is 29.6 Å². The maximum absolute atomic E-state index is 2.33. The first-order valence-electron chi connectivity index (χ1n) is 2.41. The van der Waals surface area contributed by atoms with Crippen molar-refractivity contribution in [3.63, 3.8) is 0 Å². The first-order valence-corrected chi connectivity index (χ1v) is 7.57. The van der Waals surface area contributed by atoms with Gasteiger partial charge in [0.1, 0.15) is 0 Å². The van der Waals surface area contributed by atoms with Crippen molar-refractivity contribution in [1.82, 2.24) is 0 Å². The predicted molar refractivity (Wildman–Crippen MR) is 37.7 cm³/mol. The van der Waals surface area contributed by atoms with Crippen LogP contribution in [0.2, 0.25) is 0 Å². The van der Waals surface area contributed by atoms with Gasteiger partial charge >= 0.3 is 0 Å². The number of rotatable bonds is 0. The molecule has 1 aromatic heterocycles. The highest BCUT2D eigenvalue weighted by Gasteiger charge is 1.73. The van der Waals surface area contributed by atoms with Gasteiger partial charge in [-0.2, -0.15) is 0 Å². The molecule has 0 atom stereocenters. The highest BCUT2D eigenvalue weighted by molar-refractivity contribution is 6.97. The van der Waals surface area contributed by atoms with Crippen LogP contribution in [0.15, 0.2) is 29.6 Å².